The Balaban J connectivity index is 1.72. The number of amides is 1. The van der Waals surface area contributed by atoms with E-state index in [9.17, 15) is 14.9 Å². The van der Waals surface area contributed by atoms with Crippen molar-refractivity contribution in [1.29, 1.82) is 0 Å². The number of halogens is 1. The summed E-state index contributed by atoms with van der Waals surface area (Å²) >= 11 is 3.36. The maximum Gasteiger partial charge on any atom is 0.320 e. The third-order valence-electron chi connectivity index (χ3n) is 4.06. The van der Waals surface area contributed by atoms with E-state index in [4.69, 9.17) is 0 Å². The van der Waals surface area contributed by atoms with Crippen molar-refractivity contribution in [1.82, 2.24) is 15.2 Å². The maximum absolute atomic E-state index is 12.4. The Bertz CT molecular complexity index is 1110. The van der Waals surface area contributed by atoms with Gasteiger partial charge in [0.2, 0.25) is 5.69 Å². The van der Waals surface area contributed by atoms with Crippen molar-refractivity contribution >= 4 is 39.3 Å². The average Bonchev–Trinajstić information content (AvgIpc) is 3.17. The first kappa shape index (κ1) is 21.1. The molecule has 3 rings (SSSR count). The van der Waals surface area contributed by atoms with Crippen molar-refractivity contribution in [2.24, 2.45) is 5.10 Å². The summed E-state index contributed by atoms with van der Waals surface area (Å²) in [7, 11) is 0. The van der Waals surface area contributed by atoms with Crippen LogP contribution in [0.4, 0.5) is 5.69 Å². The Morgan fingerprint density at radius 2 is 1.93 bits per heavy atom. The van der Waals surface area contributed by atoms with Crippen LogP contribution in [0.25, 0.3) is 6.08 Å². The van der Waals surface area contributed by atoms with Gasteiger partial charge in [-0.15, -0.1) is 0 Å². The molecule has 0 saturated carbocycles. The SMILES string of the molecule is CC(C=Cc1ccccc1)=NNC(=O)c1nn(Cc2ccc(Br)cc2)cc1[N+](=O)[O-]. The average molecular weight is 468 g/mol. The molecule has 0 atom stereocenters. The molecule has 1 heterocycles. The molecular weight excluding hydrogens is 450 g/mol. The molecule has 0 aliphatic rings. The Morgan fingerprint density at radius 3 is 2.60 bits per heavy atom. The molecule has 2 aromatic carbocycles. The van der Waals surface area contributed by atoms with Crippen LogP contribution in [0, 0.1) is 10.1 Å². The molecule has 1 amide bonds. The zero-order chi connectivity index (χ0) is 21.5. The maximum atomic E-state index is 12.4. The summed E-state index contributed by atoms with van der Waals surface area (Å²) in [5.74, 6) is -0.747. The molecule has 1 aromatic heterocycles. The topological polar surface area (TPSA) is 102 Å². The van der Waals surface area contributed by atoms with Gasteiger partial charge in [-0.1, -0.05) is 64.5 Å². The number of hydrazone groups is 1. The Hall–Kier alpha value is -3.59. The summed E-state index contributed by atoms with van der Waals surface area (Å²) in [5, 5.41) is 19.4. The number of aromatic nitrogens is 2. The van der Waals surface area contributed by atoms with Gasteiger partial charge < -0.3 is 0 Å². The van der Waals surface area contributed by atoms with Gasteiger partial charge in [-0.2, -0.15) is 10.2 Å². The van der Waals surface area contributed by atoms with Crippen molar-refractivity contribution in [2.75, 3.05) is 0 Å². The third-order valence-corrected chi connectivity index (χ3v) is 4.59. The number of rotatable bonds is 7. The minimum Gasteiger partial charge on any atom is -0.265 e. The third kappa shape index (κ3) is 5.71. The second-order valence-corrected chi connectivity index (χ2v) is 7.30. The summed E-state index contributed by atoms with van der Waals surface area (Å²) in [6.07, 6.45) is 4.82. The Labute approximate surface area is 181 Å². The van der Waals surface area contributed by atoms with Crippen LogP contribution >= 0.6 is 15.9 Å². The molecule has 0 radical (unpaired) electrons. The van der Waals surface area contributed by atoms with E-state index in [1.807, 2.05) is 60.7 Å². The van der Waals surface area contributed by atoms with Crippen LogP contribution in [0.15, 0.2) is 76.4 Å². The van der Waals surface area contributed by atoms with Gasteiger partial charge in [-0.25, -0.2) is 5.43 Å². The van der Waals surface area contributed by atoms with Crippen molar-refractivity contribution in [3.05, 3.63) is 98.3 Å². The van der Waals surface area contributed by atoms with Crippen LogP contribution in [-0.2, 0) is 6.54 Å². The van der Waals surface area contributed by atoms with Crippen molar-refractivity contribution in [3.63, 3.8) is 0 Å². The molecule has 0 bridgehead atoms. The van der Waals surface area contributed by atoms with Crippen LogP contribution in [0.3, 0.4) is 0 Å². The molecule has 0 fully saturated rings. The zero-order valence-corrected chi connectivity index (χ0v) is 17.6. The van der Waals surface area contributed by atoms with Gasteiger partial charge in [0.05, 0.1) is 17.2 Å². The second-order valence-electron chi connectivity index (χ2n) is 6.38. The fraction of sp³-hybridized carbons (Fsp3) is 0.0952. The van der Waals surface area contributed by atoms with Gasteiger partial charge in [0.25, 0.3) is 5.91 Å². The molecule has 9 heteroatoms. The quantitative estimate of drug-likeness (QED) is 0.315. The lowest BCUT2D eigenvalue weighted by Crippen LogP contribution is -2.20. The predicted molar refractivity (Wildman–Crippen MR) is 118 cm³/mol. The van der Waals surface area contributed by atoms with Crippen LogP contribution in [0.5, 0.6) is 0 Å². The molecule has 0 saturated heterocycles. The van der Waals surface area contributed by atoms with Crippen molar-refractivity contribution in [2.45, 2.75) is 13.5 Å². The van der Waals surface area contributed by atoms with Gasteiger partial charge >= 0.3 is 5.69 Å². The lowest BCUT2D eigenvalue weighted by Gasteiger charge is -2.01. The van der Waals surface area contributed by atoms with Crippen molar-refractivity contribution < 1.29 is 9.72 Å². The van der Waals surface area contributed by atoms with Gasteiger partial charge in [-0.3, -0.25) is 19.6 Å². The van der Waals surface area contributed by atoms with E-state index >= 15 is 0 Å². The highest BCUT2D eigenvalue weighted by Crippen LogP contribution is 2.18. The minimum atomic E-state index is -0.747. The highest BCUT2D eigenvalue weighted by Gasteiger charge is 2.25. The Morgan fingerprint density at radius 1 is 1.23 bits per heavy atom. The molecule has 0 aliphatic heterocycles. The molecule has 30 heavy (non-hydrogen) atoms. The molecule has 0 aliphatic carbocycles. The number of nitrogens with zero attached hydrogens (tertiary/aromatic N) is 4. The van der Waals surface area contributed by atoms with E-state index in [0.717, 1.165) is 15.6 Å². The van der Waals surface area contributed by atoms with Gasteiger partial charge in [0.15, 0.2) is 0 Å². The number of carbonyl (C=O) groups excluding carboxylic acids is 1. The molecule has 0 unspecified atom stereocenters. The Kier molecular flexibility index (Phi) is 6.87. The molecule has 1 N–H and O–H groups in total. The number of benzene rings is 2. The first-order chi connectivity index (χ1) is 14.4. The van der Waals surface area contributed by atoms with E-state index in [1.165, 1.54) is 10.9 Å². The number of hydrogen-bond donors (Lipinski definition) is 1. The smallest absolute Gasteiger partial charge is 0.265 e. The van der Waals surface area contributed by atoms with E-state index in [0.29, 0.717) is 12.3 Å². The summed E-state index contributed by atoms with van der Waals surface area (Å²) in [6.45, 7) is 2.00. The molecule has 152 valence electrons. The van der Waals surface area contributed by atoms with Crippen LogP contribution in [-0.4, -0.2) is 26.3 Å². The fourth-order valence-electron chi connectivity index (χ4n) is 2.57. The highest BCUT2D eigenvalue weighted by atomic mass is 79.9. The zero-order valence-electron chi connectivity index (χ0n) is 16.0. The first-order valence-corrected chi connectivity index (χ1v) is 9.76. The lowest BCUT2D eigenvalue weighted by molar-refractivity contribution is -0.385. The number of carbonyl (C=O) groups is 1. The number of allylic oxidation sites excluding steroid dienone is 1. The number of nitrogens with one attached hydrogen (secondary N) is 1. The second kappa shape index (κ2) is 9.75. The first-order valence-electron chi connectivity index (χ1n) is 8.96. The van der Waals surface area contributed by atoms with Crippen molar-refractivity contribution in [3.8, 4) is 0 Å². The molecule has 3 aromatic rings. The number of hydrogen-bond acceptors (Lipinski definition) is 5. The van der Waals surface area contributed by atoms with E-state index in [-0.39, 0.29) is 11.4 Å². The summed E-state index contributed by atoms with van der Waals surface area (Å²) < 4.78 is 2.29. The number of nitro groups is 1. The lowest BCUT2D eigenvalue weighted by atomic mass is 10.2. The molecular formula is C21H18BrN5O3. The van der Waals surface area contributed by atoms with E-state index in [2.05, 4.69) is 31.6 Å². The predicted octanol–water partition coefficient (Wildman–Crippen LogP) is 4.42. The summed E-state index contributed by atoms with van der Waals surface area (Å²) in [6, 6.07) is 17.1. The monoisotopic (exact) mass is 467 g/mol. The van der Waals surface area contributed by atoms with Gasteiger partial charge in [0, 0.05) is 4.47 Å². The van der Waals surface area contributed by atoms with Crippen LogP contribution in [0.2, 0.25) is 0 Å². The van der Waals surface area contributed by atoms with Crippen LogP contribution in [0.1, 0.15) is 28.5 Å². The fourth-order valence-corrected chi connectivity index (χ4v) is 2.84. The van der Waals surface area contributed by atoms with E-state index in [1.54, 1.807) is 13.0 Å². The highest BCUT2D eigenvalue weighted by molar-refractivity contribution is 9.10. The van der Waals surface area contributed by atoms with Gasteiger partial charge in [0.1, 0.15) is 6.20 Å². The summed E-state index contributed by atoms with van der Waals surface area (Å²) in [4.78, 5) is 23.2. The minimum absolute atomic E-state index is 0.291. The largest absolute Gasteiger partial charge is 0.320 e. The van der Waals surface area contributed by atoms with E-state index < -0.39 is 10.8 Å². The molecule has 0 spiro atoms. The summed E-state index contributed by atoms with van der Waals surface area (Å²) in [5.41, 5.74) is 4.07. The van der Waals surface area contributed by atoms with Crippen LogP contribution < -0.4 is 5.43 Å². The standard InChI is InChI=1S/C21H18BrN5O3/c1-15(7-8-16-5-3-2-4-6-16)23-24-21(28)20-19(27(29)30)14-26(25-20)13-17-9-11-18(22)12-10-17/h2-12,14H,13H2,1H3,(H,24,28). The van der Waals surface area contributed by atoms with Gasteiger partial charge in [-0.05, 0) is 36.3 Å². The molecule has 8 nitrogen and oxygen atoms in total. The normalized spacial score (nSPS) is 11.6.